The summed E-state index contributed by atoms with van der Waals surface area (Å²) in [6.45, 7) is 0.774. The van der Waals surface area contributed by atoms with E-state index in [0.29, 0.717) is 21.7 Å². The van der Waals surface area contributed by atoms with E-state index in [1.165, 1.54) is 18.1 Å². The summed E-state index contributed by atoms with van der Waals surface area (Å²) in [7, 11) is 0. The molecule has 7 heteroatoms. The molecule has 3 N–H and O–H groups in total. The monoisotopic (exact) mass is 368 g/mol. The third-order valence-electron chi connectivity index (χ3n) is 4.27. The zero-order chi connectivity index (χ0) is 17.6. The number of nitriles is 1. The van der Waals surface area contributed by atoms with Crippen molar-refractivity contribution in [3.63, 3.8) is 0 Å². The SMILES string of the molecule is N#Cc1cc(N)c2c(c1)N(Sc1cccc3c(=O)[nH]cc(Cl)c13)CC2. The number of fused-ring (bicyclic) bond motifs is 2. The molecule has 5 nitrogen and oxygen atoms in total. The number of halogens is 1. The van der Waals surface area contributed by atoms with Crippen molar-refractivity contribution < 1.29 is 0 Å². The van der Waals surface area contributed by atoms with Gasteiger partial charge in [-0.2, -0.15) is 5.26 Å². The topological polar surface area (TPSA) is 85.9 Å². The molecule has 25 heavy (non-hydrogen) atoms. The summed E-state index contributed by atoms with van der Waals surface area (Å²) in [6, 6.07) is 11.2. The van der Waals surface area contributed by atoms with Gasteiger partial charge in [0.05, 0.1) is 22.3 Å². The largest absolute Gasteiger partial charge is 0.398 e. The van der Waals surface area contributed by atoms with Crippen molar-refractivity contribution in [3.8, 4) is 6.07 Å². The Morgan fingerprint density at radius 2 is 2.20 bits per heavy atom. The van der Waals surface area contributed by atoms with Crippen LogP contribution in [0, 0.1) is 11.3 Å². The first-order chi connectivity index (χ1) is 12.1. The van der Waals surface area contributed by atoms with E-state index in [-0.39, 0.29) is 5.56 Å². The Morgan fingerprint density at radius 1 is 1.36 bits per heavy atom. The van der Waals surface area contributed by atoms with E-state index in [2.05, 4.69) is 15.4 Å². The van der Waals surface area contributed by atoms with Crippen LogP contribution in [0.4, 0.5) is 11.4 Å². The fraction of sp³-hybridized carbons (Fsp3) is 0.111. The molecule has 0 saturated heterocycles. The minimum absolute atomic E-state index is 0.167. The molecule has 0 aliphatic carbocycles. The van der Waals surface area contributed by atoms with Gasteiger partial charge in [0, 0.05) is 39.7 Å². The number of rotatable bonds is 2. The van der Waals surface area contributed by atoms with Crippen molar-refractivity contribution in [2.45, 2.75) is 11.3 Å². The molecular formula is C18H13ClN4OS. The van der Waals surface area contributed by atoms with Crippen molar-refractivity contribution in [3.05, 3.63) is 63.0 Å². The Morgan fingerprint density at radius 3 is 3.00 bits per heavy atom. The summed E-state index contributed by atoms with van der Waals surface area (Å²) in [4.78, 5) is 15.6. The predicted octanol–water partition coefficient (Wildman–Crippen LogP) is 3.71. The molecule has 3 aromatic rings. The highest BCUT2D eigenvalue weighted by Gasteiger charge is 2.24. The molecule has 124 valence electrons. The number of benzene rings is 2. The second-order valence-corrected chi connectivity index (χ2v) is 7.23. The van der Waals surface area contributed by atoms with Crippen LogP contribution in [-0.4, -0.2) is 11.5 Å². The van der Waals surface area contributed by atoms with Crippen LogP contribution in [0.2, 0.25) is 5.02 Å². The smallest absolute Gasteiger partial charge is 0.255 e. The molecule has 0 unspecified atom stereocenters. The Balaban J connectivity index is 1.81. The van der Waals surface area contributed by atoms with Crippen LogP contribution in [0.25, 0.3) is 10.8 Å². The first kappa shape index (κ1) is 15.9. The van der Waals surface area contributed by atoms with Crippen LogP contribution < -0.4 is 15.6 Å². The number of anilines is 2. The lowest BCUT2D eigenvalue weighted by Crippen LogP contribution is -2.11. The van der Waals surface area contributed by atoms with Gasteiger partial charge >= 0.3 is 0 Å². The molecule has 1 aliphatic heterocycles. The standard InChI is InChI=1S/C18H13ClN4OS/c19-13-9-22-18(24)12-2-1-3-16(17(12)13)25-23-5-4-11-14(21)6-10(8-20)7-15(11)23/h1-3,6-7,9H,4-5,21H2,(H,22,24). The van der Waals surface area contributed by atoms with Gasteiger partial charge in [-0.15, -0.1) is 0 Å². The molecule has 0 saturated carbocycles. The average Bonchev–Trinajstić information content (AvgIpc) is 3.01. The minimum Gasteiger partial charge on any atom is -0.398 e. The van der Waals surface area contributed by atoms with Crippen LogP contribution in [0.1, 0.15) is 11.1 Å². The second kappa shape index (κ2) is 6.03. The highest BCUT2D eigenvalue weighted by Crippen LogP contribution is 2.42. The summed E-state index contributed by atoms with van der Waals surface area (Å²) in [5.41, 5.74) is 9.09. The van der Waals surface area contributed by atoms with E-state index in [9.17, 15) is 10.1 Å². The molecule has 0 amide bonds. The zero-order valence-corrected chi connectivity index (χ0v) is 14.6. The second-order valence-electron chi connectivity index (χ2n) is 5.76. The van der Waals surface area contributed by atoms with Gasteiger partial charge in [-0.1, -0.05) is 17.7 Å². The number of aromatic amines is 1. The highest BCUT2D eigenvalue weighted by molar-refractivity contribution is 8.01. The fourth-order valence-electron chi connectivity index (χ4n) is 3.11. The summed E-state index contributed by atoms with van der Waals surface area (Å²) >= 11 is 7.83. The molecule has 1 aromatic heterocycles. The van der Waals surface area contributed by atoms with E-state index in [4.69, 9.17) is 17.3 Å². The van der Waals surface area contributed by atoms with E-state index in [1.807, 2.05) is 18.2 Å². The normalized spacial score (nSPS) is 13.0. The minimum atomic E-state index is -0.167. The van der Waals surface area contributed by atoms with Crippen molar-refractivity contribution in [1.29, 1.82) is 5.26 Å². The zero-order valence-electron chi connectivity index (χ0n) is 13.0. The van der Waals surface area contributed by atoms with Crippen molar-refractivity contribution in [2.75, 3.05) is 16.6 Å². The number of aromatic nitrogens is 1. The van der Waals surface area contributed by atoms with Gasteiger partial charge in [0.15, 0.2) is 0 Å². The third-order valence-corrected chi connectivity index (χ3v) is 5.71. The van der Waals surface area contributed by atoms with Gasteiger partial charge in [0.25, 0.3) is 5.56 Å². The average molecular weight is 369 g/mol. The van der Waals surface area contributed by atoms with E-state index < -0.39 is 0 Å². The molecule has 0 atom stereocenters. The summed E-state index contributed by atoms with van der Waals surface area (Å²) < 4.78 is 2.10. The number of H-pyrrole nitrogens is 1. The lowest BCUT2D eigenvalue weighted by Gasteiger charge is -2.19. The van der Waals surface area contributed by atoms with Gasteiger partial charge in [-0.05, 0) is 42.6 Å². The molecule has 1 aliphatic rings. The quantitative estimate of drug-likeness (QED) is 0.532. The number of nitrogens with one attached hydrogen (secondary N) is 1. The van der Waals surface area contributed by atoms with Gasteiger partial charge in [-0.3, -0.25) is 4.79 Å². The van der Waals surface area contributed by atoms with Crippen LogP contribution in [-0.2, 0) is 6.42 Å². The Kier molecular flexibility index (Phi) is 3.83. The van der Waals surface area contributed by atoms with Crippen LogP contribution in [0.3, 0.4) is 0 Å². The number of nitrogen functional groups attached to an aromatic ring is 1. The van der Waals surface area contributed by atoms with Gasteiger partial charge in [-0.25, -0.2) is 0 Å². The molecule has 0 bridgehead atoms. The number of nitrogens with two attached hydrogens (primary N) is 1. The lowest BCUT2D eigenvalue weighted by molar-refractivity contribution is 1.05. The van der Waals surface area contributed by atoms with Crippen LogP contribution >= 0.6 is 23.5 Å². The Hall–Kier alpha value is -2.62. The molecule has 4 rings (SSSR count). The summed E-state index contributed by atoms with van der Waals surface area (Å²) in [5.74, 6) is 0. The van der Waals surface area contributed by atoms with Crippen LogP contribution in [0.15, 0.2) is 46.2 Å². The molecular weight excluding hydrogens is 356 g/mol. The molecule has 2 aromatic carbocycles. The maximum absolute atomic E-state index is 12.1. The van der Waals surface area contributed by atoms with Gasteiger partial charge < -0.3 is 15.0 Å². The number of hydrogen-bond acceptors (Lipinski definition) is 5. The maximum atomic E-state index is 12.1. The number of nitrogens with zero attached hydrogens (tertiary/aromatic N) is 2. The summed E-state index contributed by atoms with van der Waals surface area (Å²) in [5, 5.41) is 11.0. The fourth-order valence-corrected chi connectivity index (χ4v) is 4.55. The van der Waals surface area contributed by atoms with Crippen molar-refractivity contribution in [2.24, 2.45) is 0 Å². The Bertz CT molecular complexity index is 1100. The first-order valence-corrected chi connectivity index (χ1v) is 8.81. The number of pyridine rings is 1. The third kappa shape index (κ3) is 2.62. The van der Waals surface area contributed by atoms with Crippen molar-refractivity contribution in [1.82, 2.24) is 4.98 Å². The maximum Gasteiger partial charge on any atom is 0.255 e. The van der Waals surface area contributed by atoms with Crippen LogP contribution in [0.5, 0.6) is 0 Å². The predicted molar refractivity (Wildman–Crippen MR) is 102 cm³/mol. The van der Waals surface area contributed by atoms with E-state index >= 15 is 0 Å². The lowest BCUT2D eigenvalue weighted by atomic mass is 10.1. The van der Waals surface area contributed by atoms with E-state index in [1.54, 1.807) is 12.1 Å². The van der Waals surface area contributed by atoms with Gasteiger partial charge in [0.1, 0.15) is 0 Å². The van der Waals surface area contributed by atoms with Gasteiger partial charge in [0.2, 0.25) is 0 Å². The Labute approximate surface area is 153 Å². The molecule has 0 fully saturated rings. The van der Waals surface area contributed by atoms with E-state index in [0.717, 1.165) is 34.5 Å². The molecule has 2 heterocycles. The highest BCUT2D eigenvalue weighted by atomic mass is 35.5. The molecule has 0 radical (unpaired) electrons. The number of hydrogen-bond donors (Lipinski definition) is 2. The van der Waals surface area contributed by atoms with Crippen molar-refractivity contribution >= 4 is 45.7 Å². The molecule has 0 spiro atoms. The first-order valence-electron chi connectivity index (χ1n) is 7.66. The summed E-state index contributed by atoms with van der Waals surface area (Å²) in [6.07, 6.45) is 2.33.